The molecule has 178 valence electrons. The van der Waals surface area contributed by atoms with E-state index in [1.807, 2.05) is 48.5 Å². The maximum Gasteiger partial charge on any atom is 0.341 e. The lowest BCUT2D eigenvalue weighted by Gasteiger charge is -2.12. The summed E-state index contributed by atoms with van der Waals surface area (Å²) in [6, 6.07) is 23.8. The zero-order valence-corrected chi connectivity index (χ0v) is 19.0. The molecule has 0 atom stereocenters. The highest BCUT2D eigenvalue weighted by Gasteiger charge is 2.15. The molecule has 0 amide bonds. The molecule has 0 saturated heterocycles. The number of aliphatic carboxylic acids is 1. The van der Waals surface area contributed by atoms with Crippen LogP contribution in [0.15, 0.2) is 78.9 Å². The Hall–Kier alpha value is -4.59. The number of rotatable bonds is 10. The summed E-state index contributed by atoms with van der Waals surface area (Å²) in [5, 5.41) is 9.96. The molecule has 0 aliphatic carbocycles. The summed E-state index contributed by atoms with van der Waals surface area (Å²) in [5.41, 5.74) is 2.55. The summed E-state index contributed by atoms with van der Waals surface area (Å²) in [5.74, 6) is -0.454. The number of hydrogen-bond donors (Lipinski definition) is 1. The van der Waals surface area contributed by atoms with Gasteiger partial charge in [0.2, 0.25) is 0 Å². The van der Waals surface area contributed by atoms with E-state index in [4.69, 9.17) is 24.1 Å². The topological polar surface area (TPSA) is 104 Å². The lowest BCUT2D eigenvalue weighted by Crippen LogP contribution is -2.13. The number of carbonyl (C=O) groups is 2. The minimum Gasteiger partial charge on any atom is -0.489 e. The van der Waals surface area contributed by atoms with Crippen LogP contribution in [-0.4, -0.2) is 35.7 Å². The molecule has 0 radical (unpaired) electrons. The van der Waals surface area contributed by atoms with Gasteiger partial charge < -0.3 is 24.1 Å². The molecule has 0 unspecified atom stereocenters. The number of benzene rings is 3. The van der Waals surface area contributed by atoms with E-state index < -0.39 is 18.5 Å². The molecule has 3 aromatic carbocycles. The monoisotopic (exact) mass is 473 g/mol. The molecular weight excluding hydrogens is 450 g/mol. The number of hydrogen-bond acceptors (Lipinski definition) is 7. The summed E-state index contributed by atoms with van der Waals surface area (Å²) in [7, 11) is 1.24. The smallest absolute Gasteiger partial charge is 0.341 e. The molecule has 1 aromatic heterocycles. The van der Waals surface area contributed by atoms with E-state index in [1.54, 1.807) is 24.3 Å². The molecule has 0 aliphatic rings. The van der Waals surface area contributed by atoms with Crippen LogP contribution in [0, 0.1) is 0 Å². The number of carbonyl (C=O) groups excluding carboxylic acids is 1. The fourth-order valence-corrected chi connectivity index (χ4v) is 3.36. The van der Waals surface area contributed by atoms with E-state index in [9.17, 15) is 9.59 Å². The van der Waals surface area contributed by atoms with Gasteiger partial charge in [0, 0.05) is 11.5 Å². The van der Waals surface area contributed by atoms with Gasteiger partial charge in [0.05, 0.1) is 18.3 Å². The Morgan fingerprint density at radius 2 is 1.60 bits per heavy atom. The standard InChI is InChI=1S/C27H23NO7/c1-32-27(31)23-12-9-18(13-25(23)35-17-26(29)30)15-33-21-6-4-7-22(14-21)34-16-20-11-10-19-5-2-3-8-24(19)28-20/h2-14H,15-17H2,1H3,(H,29,30). The van der Waals surface area contributed by atoms with Crippen molar-refractivity contribution in [3.8, 4) is 17.2 Å². The molecular formula is C27H23NO7. The van der Waals surface area contributed by atoms with Crippen molar-refractivity contribution in [2.45, 2.75) is 13.2 Å². The van der Waals surface area contributed by atoms with Gasteiger partial charge in [-0.25, -0.2) is 14.6 Å². The predicted molar refractivity (Wildman–Crippen MR) is 128 cm³/mol. The van der Waals surface area contributed by atoms with Crippen molar-refractivity contribution in [3.05, 3.63) is 95.7 Å². The normalized spacial score (nSPS) is 10.5. The third kappa shape index (κ3) is 6.26. The van der Waals surface area contributed by atoms with Crippen LogP contribution in [0.5, 0.6) is 17.2 Å². The van der Waals surface area contributed by atoms with Crippen LogP contribution in [0.2, 0.25) is 0 Å². The Labute approximate surface area is 201 Å². The van der Waals surface area contributed by atoms with Crippen molar-refractivity contribution in [1.29, 1.82) is 0 Å². The van der Waals surface area contributed by atoms with Gasteiger partial charge in [-0.15, -0.1) is 0 Å². The van der Waals surface area contributed by atoms with Gasteiger partial charge in [-0.1, -0.05) is 36.4 Å². The van der Waals surface area contributed by atoms with Crippen molar-refractivity contribution >= 4 is 22.8 Å². The van der Waals surface area contributed by atoms with Gasteiger partial charge in [0.1, 0.15) is 36.0 Å². The van der Waals surface area contributed by atoms with Gasteiger partial charge >= 0.3 is 11.9 Å². The fraction of sp³-hybridized carbons (Fsp3) is 0.148. The summed E-state index contributed by atoms with van der Waals surface area (Å²) in [4.78, 5) is 27.4. The summed E-state index contributed by atoms with van der Waals surface area (Å²) >= 11 is 0. The summed E-state index contributed by atoms with van der Waals surface area (Å²) in [6.45, 7) is -0.103. The summed E-state index contributed by atoms with van der Waals surface area (Å²) in [6.07, 6.45) is 0. The molecule has 4 rings (SSSR count). The first-order valence-electron chi connectivity index (χ1n) is 10.8. The molecule has 1 N–H and O–H groups in total. The minimum atomic E-state index is -1.15. The quantitative estimate of drug-likeness (QED) is 0.332. The van der Waals surface area contributed by atoms with Gasteiger partial charge in [-0.2, -0.15) is 0 Å². The number of carboxylic acids is 1. The zero-order valence-electron chi connectivity index (χ0n) is 19.0. The van der Waals surface area contributed by atoms with E-state index in [0.29, 0.717) is 23.7 Å². The molecule has 0 saturated carbocycles. The Kier molecular flexibility index (Phi) is 7.42. The molecule has 1 heterocycles. The van der Waals surface area contributed by atoms with Crippen LogP contribution >= 0.6 is 0 Å². The lowest BCUT2D eigenvalue weighted by atomic mass is 10.1. The van der Waals surface area contributed by atoms with Crippen molar-refractivity contribution in [1.82, 2.24) is 4.98 Å². The third-order valence-electron chi connectivity index (χ3n) is 5.06. The first kappa shape index (κ1) is 23.6. The maximum absolute atomic E-state index is 11.9. The number of nitrogens with zero attached hydrogens (tertiary/aromatic N) is 1. The van der Waals surface area contributed by atoms with Crippen LogP contribution in [0.4, 0.5) is 0 Å². The van der Waals surface area contributed by atoms with Crippen molar-refractivity contribution in [3.63, 3.8) is 0 Å². The van der Waals surface area contributed by atoms with Gasteiger partial charge in [0.15, 0.2) is 6.61 Å². The number of methoxy groups -OCH3 is 1. The molecule has 4 aromatic rings. The largest absolute Gasteiger partial charge is 0.489 e. The summed E-state index contributed by atoms with van der Waals surface area (Å²) < 4.78 is 21.7. The highest BCUT2D eigenvalue weighted by Crippen LogP contribution is 2.25. The molecule has 8 nitrogen and oxygen atoms in total. The van der Waals surface area contributed by atoms with Gasteiger partial charge in [-0.05, 0) is 42.0 Å². The maximum atomic E-state index is 11.9. The number of pyridine rings is 1. The lowest BCUT2D eigenvalue weighted by molar-refractivity contribution is -0.139. The second-order valence-electron chi connectivity index (χ2n) is 7.55. The predicted octanol–water partition coefficient (Wildman–Crippen LogP) is 4.64. The molecule has 0 spiro atoms. The Bertz CT molecular complexity index is 1350. The number of carboxylic acid groups (broad SMARTS) is 1. The van der Waals surface area contributed by atoms with Crippen LogP contribution in [-0.2, 0) is 22.7 Å². The minimum absolute atomic E-state index is 0.111. The van der Waals surface area contributed by atoms with Gasteiger partial charge in [-0.3, -0.25) is 0 Å². The third-order valence-corrected chi connectivity index (χ3v) is 5.06. The average Bonchev–Trinajstić information content (AvgIpc) is 2.89. The van der Waals surface area contributed by atoms with Crippen molar-refractivity contribution in [2.75, 3.05) is 13.7 Å². The van der Waals surface area contributed by atoms with E-state index in [-0.39, 0.29) is 17.9 Å². The van der Waals surface area contributed by atoms with Crippen molar-refractivity contribution < 1.29 is 33.6 Å². The van der Waals surface area contributed by atoms with E-state index in [2.05, 4.69) is 4.98 Å². The number of fused-ring (bicyclic) bond motifs is 1. The molecule has 8 heteroatoms. The molecule has 35 heavy (non-hydrogen) atoms. The van der Waals surface area contributed by atoms with E-state index in [1.165, 1.54) is 13.2 Å². The number of ether oxygens (including phenoxy) is 4. The van der Waals surface area contributed by atoms with E-state index in [0.717, 1.165) is 16.6 Å². The van der Waals surface area contributed by atoms with Crippen LogP contribution < -0.4 is 14.2 Å². The molecule has 0 fully saturated rings. The van der Waals surface area contributed by atoms with Crippen LogP contribution in [0.1, 0.15) is 21.6 Å². The SMILES string of the molecule is COC(=O)c1ccc(COc2cccc(OCc3ccc4ccccc4n3)c2)cc1OCC(=O)O. The second-order valence-corrected chi connectivity index (χ2v) is 7.55. The highest BCUT2D eigenvalue weighted by molar-refractivity contribution is 5.92. The number of esters is 1. The Morgan fingerprint density at radius 3 is 2.37 bits per heavy atom. The Morgan fingerprint density at radius 1 is 0.829 bits per heavy atom. The first-order valence-corrected chi connectivity index (χ1v) is 10.8. The fourth-order valence-electron chi connectivity index (χ4n) is 3.36. The van der Waals surface area contributed by atoms with Gasteiger partial charge in [0.25, 0.3) is 0 Å². The molecule has 0 aliphatic heterocycles. The molecule has 0 bridgehead atoms. The average molecular weight is 473 g/mol. The zero-order chi connectivity index (χ0) is 24.6. The Balaban J connectivity index is 1.40. The second kappa shape index (κ2) is 11.0. The number of aromatic nitrogens is 1. The number of para-hydroxylation sites is 1. The van der Waals surface area contributed by atoms with Crippen LogP contribution in [0.25, 0.3) is 10.9 Å². The van der Waals surface area contributed by atoms with Crippen molar-refractivity contribution in [2.24, 2.45) is 0 Å². The van der Waals surface area contributed by atoms with E-state index >= 15 is 0 Å². The van der Waals surface area contributed by atoms with Crippen LogP contribution in [0.3, 0.4) is 0 Å². The first-order chi connectivity index (χ1) is 17.0. The highest BCUT2D eigenvalue weighted by atomic mass is 16.5.